The van der Waals surface area contributed by atoms with Crippen LogP contribution in [0.25, 0.3) is 0 Å². The Kier molecular flexibility index (Phi) is 7.81. The van der Waals surface area contributed by atoms with Gasteiger partial charge in [0.25, 0.3) is 5.91 Å². The van der Waals surface area contributed by atoms with Crippen molar-refractivity contribution in [1.82, 2.24) is 9.91 Å². The van der Waals surface area contributed by atoms with E-state index in [1.165, 1.54) is 17.3 Å². The summed E-state index contributed by atoms with van der Waals surface area (Å²) in [5, 5.41) is 7.44. The van der Waals surface area contributed by atoms with Crippen molar-refractivity contribution in [3.05, 3.63) is 64.7 Å². The second-order valence-corrected chi connectivity index (χ2v) is 10.9. The van der Waals surface area contributed by atoms with Crippen molar-refractivity contribution < 1.29 is 14.3 Å². The minimum Gasteiger partial charge on any atom is -0.379 e. The summed E-state index contributed by atoms with van der Waals surface area (Å²) < 4.78 is 5.42. The molecule has 2 N–H and O–H groups in total. The summed E-state index contributed by atoms with van der Waals surface area (Å²) in [7, 11) is 0. The van der Waals surface area contributed by atoms with E-state index < -0.39 is 11.3 Å². The number of thioether (sulfide) groups is 1. The number of rotatable bonds is 8. The highest BCUT2D eigenvalue weighted by molar-refractivity contribution is 8.15. The molecule has 2 aromatic rings. The van der Waals surface area contributed by atoms with Crippen LogP contribution < -0.4 is 10.6 Å². The molecule has 2 aromatic carbocycles. The van der Waals surface area contributed by atoms with E-state index in [9.17, 15) is 9.59 Å². The molecule has 2 amide bonds. The Morgan fingerprint density at radius 1 is 1.06 bits per heavy atom. The maximum absolute atomic E-state index is 12.9. The molecule has 0 spiro atoms. The zero-order chi connectivity index (χ0) is 25.1. The van der Waals surface area contributed by atoms with Crippen LogP contribution in [0.1, 0.15) is 24.0 Å². The molecule has 2 saturated heterocycles. The van der Waals surface area contributed by atoms with Gasteiger partial charge in [-0.15, -0.1) is 0 Å². The molecule has 10 heteroatoms. The van der Waals surface area contributed by atoms with Gasteiger partial charge in [-0.05, 0) is 41.8 Å². The van der Waals surface area contributed by atoms with Crippen LogP contribution in [0, 0.1) is 0 Å². The average Bonchev–Trinajstić information content (AvgIpc) is 3.49. The highest BCUT2D eigenvalue weighted by Gasteiger charge is 2.42. The fourth-order valence-electron chi connectivity index (χ4n) is 4.77. The number of primary amides is 1. The van der Waals surface area contributed by atoms with Crippen LogP contribution in [0.3, 0.4) is 0 Å². The lowest BCUT2D eigenvalue weighted by Crippen LogP contribution is -2.44. The normalized spacial score (nSPS) is 22.8. The molecule has 190 valence electrons. The van der Waals surface area contributed by atoms with Crippen LogP contribution >= 0.6 is 23.4 Å². The van der Waals surface area contributed by atoms with E-state index in [1.54, 1.807) is 9.91 Å². The number of morpholine rings is 1. The number of benzene rings is 2. The van der Waals surface area contributed by atoms with E-state index in [4.69, 9.17) is 27.2 Å². The Balaban J connectivity index is 1.22. The molecule has 3 aliphatic heterocycles. The molecule has 8 nitrogen and oxygen atoms in total. The largest absolute Gasteiger partial charge is 0.379 e. The van der Waals surface area contributed by atoms with Gasteiger partial charge in [-0.1, -0.05) is 47.6 Å². The van der Waals surface area contributed by atoms with Gasteiger partial charge in [-0.3, -0.25) is 19.5 Å². The van der Waals surface area contributed by atoms with E-state index in [-0.39, 0.29) is 11.9 Å². The van der Waals surface area contributed by atoms with Gasteiger partial charge in [0.05, 0.1) is 30.7 Å². The molecule has 5 rings (SSSR count). The number of halogens is 1. The van der Waals surface area contributed by atoms with E-state index >= 15 is 0 Å². The lowest BCUT2D eigenvalue weighted by Gasteiger charge is -2.27. The number of carbonyl (C=O) groups is 2. The monoisotopic (exact) mass is 527 g/mol. The third kappa shape index (κ3) is 5.86. The number of hydrazone groups is 1. The van der Waals surface area contributed by atoms with Crippen molar-refractivity contribution in [2.45, 2.75) is 37.2 Å². The molecule has 0 bridgehead atoms. The summed E-state index contributed by atoms with van der Waals surface area (Å²) in [6.07, 6.45) is 1.78. The third-order valence-electron chi connectivity index (χ3n) is 6.74. The quantitative estimate of drug-likeness (QED) is 0.567. The van der Waals surface area contributed by atoms with Crippen LogP contribution in [-0.4, -0.2) is 71.0 Å². The molecule has 1 unspecified atom stereocenters. The summed E-state index contributed by atoms with van der Waals surface area (Å²) in [5.74, 6) is -0.414. The van der Waals surface area contributed by atoms with Gasteiger partial charge in [-0.2, -0.15) is 5.10 Å². The Morgan fingerprint density at radius 2 is 1.75 bits per heavy atom. The maximum atomic E-state index is 12.9. The average molecular weight is 528 g/mol. The molecule has 2 fully saturated rings. The molecular formula is C26H30ClN5O3S. The number of hydrogen-bond donors (Lipinski definition) is 1. The minimum absolute atomic E-state index is 0.0268. The SMILES string of the molecule is NC(=O)C1SC(CCc2ccc(Cl)cc2)=NN1[C@H]1CC(=O)N(c2ccc(CN3CCOCC3)cc2)C1. The predicted octanol–water partition coefficient (Wildman–Crippen LogP) is 3.08. The highest BCUT2D eigenvalue weighted by atomic mass is 35.5. The minimum atomic E-state index is -0.598. The van der Waals surface area contributed by atoms with Gasteiger partial charge in [0.1, 0.15) is 0 Å². The van der Waals surface area contributed by atoms with Crippen LogP contribution in [0.4, 0.5) is 5.69 Å². The first-order valence-corrected chi connectivity index (χ1v) is 13.5. The van der Waals surface area contributed by atoms with Crippen molar-refractivity contribution in [2.24, 2.45) is 10.8 Å². The van der Waals surface area contributed by atoms with Gasteiger partial charge in [0, 0.05) is 43.3 Å². The van der Waals surface area contributed by atoms with Crippen molar-refractivity contribution in [1.29, 1.82) is 0 Å². The lowest BCUT2D eigenvalue weighted by atomic mass is 10.1. The molecule has 0 aromatic heterocycles. The molecule has 0 aliphatic carbocycles. The summed E-state index contributed by atoms with van der Waals surface area (Å²) in [6.45, 7) is 4.76. The number of nitrogens with zero attached hydrogens (tertiary/aromatic N) is 4. The number of hydrogen-bond acceptors (Lipinski definition) is 7. The molecule has 0 saturated carbocycles. The van der Waals surface area contributed by atoms with Gasteiger partial charge < -0.3 is 15.4 Å². The van der Waals surface area contributed by atoms with Gasteiger partial charge in [-0.25, -0.2) is 0 Å². The number of amides is 2. The van der Waals surface area contributed by atoms with Gasteiger partial charge >= 0.3 is 0 Å². The molecular weight excluding hydrogens is 498 g/mol. The van der Waals surface area contributed by atoms with E-state index in [0.29, 0.717) is 24.4 Å². The Hall–Kier alpha value is -2.59. The Bertz CT molecular complexity index is 1120. The third-order valence-corrected chi connectivity index (χ3v) is 8.22. The molecule has 3 aliphatic rings. The zero-order valence-corrected chi connectivity index (χ0v) is 21.6. The lowest BCUT2D eigenvalue weighted by molar-refractivity contribution is -0.121. The highest BCUT2D eigenvalue weighted by Crippen LogP contribution is 2.34. The summed E-state index contributed by atoms with van der Waals surface area (Å²) >= 11 is 7.36. The second kappa shape index (κ2) is 11.2. The van der Waals surface area contributed by atoms with E-state index in [1.807, 2.05) is 36.4 Å². The standard InChI is InChI=1S/C26H30ClN5O3S/c27-20-6-1-18(2-7-20)5-10-23-29-32(26(36-23)25(28)34)22-15-24(33)31(17-22)21-8-3-19(4-9-21)16-30-11-13-35-14-12-30/h1-4,6-9,22,26H,5,10-17H2,(H2,28,34)/t22-,26?/m0/s1. The van der Waals surface area contributed by atoms with Crippen LogP contribution in [0.2, 0.25) is 5.02 Å². The number of carbonyl (C=O) groups excluding carboxylic acids is 2. The maximum Gasteiger partial charge on any atom is 0.252 e. The zero-order valence-electron chi connectivity index (χ0n) is 20.0. The number of aryl methyl sites for hydroxylation is 1. The topological polar surface area (TPSA) is 91.5 Å². The van der Waals surface area contributed by atoms with E-state index in [2.05, 4.69) is 17.0 Å². The summed E-state index contributed by atoms with van der Waals surface area (Å²) in [6, 6.07) is 15.7. The molecule has 36 heavy (non-hydrogen) atoms. The fraction of sp³-hybridized carbons (Fsp3) is 0.423. The molecule has 2 atom stereocenters. The fourth-order valence-corrected chi connectivity index (χ4v) is 5.96. The van der Waals surface area contributed by atoms with Gasteiger partial charge in [0.2, 0.25) is 5.91 Å². The first-order valence-electron chi connectivity index (χ1n) is 12.2. The number of anilines is 1. The number of nitrogens with two attached hydrogens (primary N) is 1. The van der Waals surface area contributed by atoms with Crippen LogP contribution in [-0.2, 0) is 27.3 Å². The molecule has 3 heterocycles. The first-order chi connectivity index (χ1) is 17.5. The van der Waals surface area contributed by atoms with Crippen LogP contribution in [0.5, 0.6) is 0 Å². The van der Waals surface area contributed by atoms with Crippen molar-refractivity contribution in [2.75, 3.05) is 37.7 Å². The Morgan fingerprint density at radius 3 is 2.44 bits per heavy atom. The van der Waals surface area contributed by atoms with Crippen LogP contribution in [0.15, 0.2) is 53.6 Å². The second-order valence-electron chi connectivity index (χ2n) is 9.29. The summed E-state index contributed by atoms with van der Waals surface area (Å²) in [5.41, 5.74) is 8.94. The van der Waals surface area contributed by atoms with Crippen molar-refractivity contribution in [3.8, 4) is 0 Å². The summed E-state index contributed by atoms with van der Waals surface area (Å²) in [4.78, 5) is 29.3. The first kappa shape index (κ1) is 25.1. The Labute approximate surface area is 220 Å². The predicted molar refractivity (Wildman–Crippen MR) is 143 cm³/mol. The van der Waals surface area contributed by atoms with E-state index in [0.717, 1.165) is 55.6 Å². The molecule has 0 radical (unpaired) electrons. The van der Waals surface area contributed by atoms with Crippen molar-refractivity contribution in [3.63, 3.8) is 0 Å². The smallest absolute Gasteiger partial charge is 0.252 e. The van der Waals surface area contributed by atoms with Gasteiger partial charge in [0.15, 0.2) is 5.37 Å². The van der Waals surface area contributed by atoms with Crippen molar-refractivity contribution >= 4 is 45.9 Å². The number of ether oxygens (including phenoxy) is 1.